The Bertz CT molecular complexity index is 607. The second kappa shape index (κ2) is 6.55. The molecule has 1 aliphatic heterocycles. The standard InChI is InChI=1S/C15H19N3O4/c1-10-2-3-12(9-13(10)18(21)22)15(20)17-6-4-11(5-7-17)8-14(16)19/h2-3,9,11H,4-8H2,1H3,(H2,16,19). The summed E-state index contributed by atoms with van der Waals surface area (Å²) in [6.07, 6.45) is 1.79. The maximum Gasteiger partial charge on any atom is 0.273 e. The Kier molecular flexibility index (Phi) is 4.75. The number of amides is 2. The van der Waals surface area contributed by atoms with Gasteiger partial charge in [-0.2, -0.15) is 0 Å². The fourth-order valence-corrected chi connectivity index (χ4v) is 2.75. The Morgan fingerprint density at radius 2 is 2.00 bits per heavy atom. The first kappa shape index (κ1) is 15.9. The van der Waals surface area contributed by atoms with Crippen LogP contribution in [0.4, 0.5) is 5.69 Å². The van der Waals surface area contributed by atoms with Gasteiger partial charge in [-0.05, 0) is 31.7 Å². The number of aryl methyl sites for hydroxylation is 1. The molecule has 1 fully saturated rings. The number of piperidine rings is 1. The molecule has 7 heteroatoms. The summed E-state index contributed by atoms with van der Waals surface area (Å²) in [6.45, 7) is 2.72. The van der Waals surface area contributed by atoms with E-state index in [0.717, 1.165) is 12.8 Å². The van der Waals surface area contributed by atoms with E-state index in [4.69, 9.17) is 5.73 Å². The minimum Gasteiger partial charge on any atom is -0.370 e. The van der Waals surface area contributed by atoms with E-state index in [2.05, 4.69) is 0 Å². The average molecular weight is 305 g/mol. The summed E-state index contributed by atoms with van der Waals surface area (Å²) in [5, 5.41) is 11.0. The molecule has 7 nitrogen and oxygen atoms in total. The first-order chi connectivity index (χ1) is 10.4. The van der Waals surface area contributed by atoms with Crippen molar-refractivity contribution in [3.05, 3.63) is 39.4 Å². The van der Waals surface area contributed by atoms with Crippen molar-refractivity contribution in [1.29, 1.82) is 0 Å². The highest BCUT2D eigenvalue weighted by molar-refractivity contribution is 5.95. The van der Waals surface area contributed by atoms with E-state index >= 15 is 0 Å². The maximum absolute atomic E-state index is 12.4. The van der Waals surface area contributed by atoms with Crippen molar-refractivity contribution in [1.82, 2.24) is 4.90 Å². The lowest BCUT2D eigenvalue weighted by Crippen LogP contribution is -2.39. The van der Waals surface area contributed by atoms with Crippen molar-refractivity contribution in [3.8, 4) is 0 Å². The number of hydrogen-bond acceptors (Lipinski definition) is 4. The number of primary amides is 1. The van der Waals surface area contributed by atoms with Crippen LogP contribution in [0.3, 0.4) is 0 Å². The number of carbonyl (C=O) groups excluding carboxylic acids is 2. The number of nitro groups is 1. The maximum atomic E-state index is 12.4. The van der Waals surface area contributed by atoms with Crippen LogP contribution >= 0.6 is 0 Å². The number of nitrogens with zero attached hydrogens (tertiary/aromatic N) is 2. The van der Waals surface area contributed by atoms with Crippen LogP contribution in [0.2, 0.25) is 0 Å². The molecule has 22 heavy (non-hydrogen) atoms. The zero-order chi connectivity index (χ0) is 16.3. The summed E-state index contributed by atoms with van der Waals surface area (Å²) in [7, 11) is 0. The number of carbonyl (C=O) groups is 2. The highest BCUT2D eigenvalue weighted by Crippen LogP contribution is 2.24. The number of likely N-dealkylation sites (tertiary alicyclic amines) is 1. The van der Waals surface area contributed by atoms with Crippen molar-refractivity contribution in [3.63, 3.8) is 0 Å². The summed E-state index contributed by atoms with van der Waals surface area (Å²) >= 11 is 0. The molecule has 1 saturated heterocycles. The number of nitrogens with two attached hydrogens (primary N) is 1. The molecule has 1 aliphatic rings. The molecule has 1 aromatic rings. The number of rotatable bonds is 4. The zero-order valence-electron chi connectivity index (χ0n) is 12.4. The van der Waals surface area contributed by atoms with Gasteiger partial charge in [-0.3, -0.25) is 19.7 Å². The monoisotopic (exact) mass is 305 g/mol. The van der Waals surface area contributed by atoms with Gasteiger partial charge in [0.15, 0.2) is 0 Å². The van der Waals surface area contributed by atoms with Gasteiger partial charge in [0.2, 0.25) is 5.91 Å². The zero-order valence-corrected chi connectivity index (χ0v) is 12.4. The normalized spacial score (nSPS) is 15.6. The van der Waals surface area contributed by atoms with Crippen LogP contribution < -0.4 is 5.73 Å². The highest BCUT2D eigenvalue weighted by atomic mass is 16.6. The first-order valence-corrected chi connectivity index (χ1v) is 7.21. The summed E-state index contributed by atoms with van der Waals surface area (Å²) in [6, 6.07) is 4.53. The quantitative estimate of drug-likeness (QED) is 0.673. The Hall–Kier alpha value is -2.44. The van der Waals surface area contributed by atoms with Gasteiger partial charge < -0.3 is 10.6 Å². The molecule has 2 rings (SSSR count). The number of nitro benzene ring substituents is 1. The lowest BCUT2D eigenvalue weighted by atomic mass is 9.93. The first-order valence-electron chi connectivity index (χ1n) is 7.21. The molecule has 118 valence electrons. The Morgan fingerprint density at radius 3 is 2.55 bits per heavy atom. The van der Waals surface area contributed by atoms with E-state index in [0.29, 0.717) is 30.6 Å². The Morgan fingerprint density at radius 1 is 1.36 bits per heavy atom. The number of benzene rings is 1. The van der Waals surface area contributed by atoms with Crippen molar-refractivity contribution < 1.29 is 14.5 Å². The van der Waals surface area contributed by atoms with E-state index in [1.54, 1.807) is 24.0 Å². The van der Waals surface area contributed by atoms with Gasteiger partial charge >= 0.3 is 0 Å². The van der Waals surface area contributed by atoms with Gasteiger partial charge in [0.1, 0.15) is 0 Å². The highest BCUT2D eigenvalue weighted by Gasteiger charge is 2.25. The van der Waals surface area contributed by atoms with Crippen LogP contribution in [0.1, 0.15) is 35.2 Å². The molecule has 0 atom stereocenters. The third-order valence-electron chi connectivity index (χ3n) is 4.04. The van der Waals surface area contributed by atoms with Crippen LogP contribution in [0.5, 0.6) is 0 Å². The summed E-state index contributed by atoms with van der Waals surface area (Å²) in [5.41, 5.74) is 5.99. The van der Waals surface area contributed by atoms with Crippen LogP contribution in [0, 0.1) is 23.0 Å². The van der Waals surface area contributed by atoms with E-state index in [-0.39, 0.29) is 23.4 Å². The van der Waals surface area contributed by atoms with Gasteiger partial charge in [-0.25, -0.2) is 0 Å². The minimum absolute atomic E-state index is 0.0468. The Labute approximate surface area is 128 Å². The molecular formula is C15H19N3O4. The van der Waals surface area contributed by atoms with Crippen LogP contribution in [-0.4, -0.2) is 34.7 Å². The van der Waals surface area contributed by atoms with Crippen molar-refractivity contribution >= 4 is 17.5 Å². The predicted octanol–water partition coefficient (Wildman–Crippen LogP) is 1.63. The van der Waals surface area contributed by atoms with Crippen molar-refractivity contribution in [2.45, 2.75) is 26.2 Å². The van der Waals surface area contributed by atoms with Crippen LogP contribution in [-0.2, 0) is 4.79 Å². The Balaban J connectivity index is 2.05. The van der Waals surface area contributed by atoms with E-state index < -0.39 is 4.92 Å². The lowest BCUT2D eigenvalue weighted by Gasteiger charge is -2.31. The fraction of sp³-hybridized carbons (Fsp3) is 0.467. The molecule has 0 aromatic heterocycles. The molecule has 0 spiro atoms. The van der Waals surface area contributed by atoms with Crippen molar-refractivity contribution in [2.75, 3.05) is 13.1 Å². The largest absolute Gasteiger partial charge is 0.370 e. The molecule has 1 aromatic carbocycles. The molecule has 1 heterocycles. The van der Waals surface area contributed by atoms with Crippen LogP contribution in [0.15, 0.2) is 18.2 Å². The SMILES string of the molecule is Cc1ccc(C(=O)N2CCC(CC(N)=O)CC2)cc1[N+](=O)[O-]. The third kappa shape index (κ3) is 3.60. The van der Waals surface area contributed by atoms with Gasteiger partial charge in [-0.1, -0.05) is 6.07 Å². The van der Waals surface area contributed by atoms with Gasteiger partial charge in [-0.15, -0.1) is 0 Å². The van der Waals surface area contributed by atoms with Gasteiger partial charge in [0.25, 0.3) is 11.6 Å². The second-order valence-electron chi connectivity index (χ2n) is 5.66. The van der Waals surface area contributed by atoms with Gasteiger partial charge in [0.05, 0.1) is 4.92 Å². The average Bonchev–Trinajstić information content (AvgIpc) is 2.47. The molecule has 0 saturated carbocycles. The molecule has 2 amide bonds. The summed E-state index contributed by atoms with van der Waals surface area (Å²) in [4.78, 5) is 35.5. The lowest BCUT2D eigenvalue weighted by molar-refractivity contribution is -0.385. The molecule has 2 N–H and O–H groups in total. The van der Waals surface area contributed by atoms with Crippen molar-refractivity contribution in [2.24, 2.45) is 11.7 Å². The van der Waals surface area contributed by atoms with E-state index in [1.165, 1.54) is 6.07 Å². The smallest absolute Gasteiger partial charge is 0.273 e. The number of hydrogen-bond donors (Lipinski definition) is 1. The topological polar surface area (TPSA) is 107 Å². The second-order valence-corrected chi connectivity index (χ2v) is 5.66. The molecular weight excluding hydrogens is 286 g/mol. The molecule has 0 aliphatic carbocycles. The van der Waals surface area contributed by atoms with E-state index in [1.807, 2.05) is 0 Å². The minimum atomic E-state index is -0.481. The van der Waals surface area contributed by atoms with Crippen LogP contribution in [0.25, 0.3) is 0 Å². The third-order valence-corrected chi connectivity index (χ3v) is 4.04. The molecule has 0 bridgehead atoms. The molecule has 0 radical (unpaired) electrons. The summed E-state index contributed by atoms with van der Waals surface area (Å²) < 4.78 is 0. The van der Waals surface area contributed by atoms with Gasteiger partial charge in [0, 0.05) is 36.7 Å². The fourth-order valence-electron chi connectivity index (χ4n) is 2.75. The summed E-state index contributed by atoms with van der Waals surface area (Å²) in [5.74, 6) is -0.312. The molecule has 0 unspecified atom stereocenters. The predicted molar refractivity (Wildman–Crippen MR) is 80.3 cm³/mol. The van der Waals surface area contributed by atoms with E-state index in [9.17, 15) is 19.7 Å².